The minimum atomic E-state index is -1.23. The molecule has 1 aliphatic rings. The Labute approximate surface area is 121 Å². The van der Waals surface area contributed by atoms with Crippen molar-refractivity contribution in [1.82, 2.24) is 4.90 Å². The van der Waals surface area contributed by atoms with E-state index in [1.54, 1.807) is 6.92 Å². The van der Waals surface area contributed by atoms with Crippen molar-refractivity contribution in [2.45, 2.75) is 25.4 Å². The number of aromatic hydroxyl groups is 1. The molecule has 0 saturated carbocycles. The molecule has 1 aromatic rings. The molecular weight excluding hydrogens is 276 g/mol. The van der Waals surface area contributed by atoms with Crippen LogP contribution in [0.25, 0.3) is 0 Å². The molecule has 1 heterocycles. The zero-order valence-corrected chi connectivity index (χ0v) is 11.7. The fraction of sp³-hybridized carbons (Fsp3) is 0.429. The number of carboxylic acid groups (broad SMARTS) is 1. The topological polar surface area (TPSA) is 110 Å². The van der Waals surface area contributed by atoms with Gasteiger partial charge in [-0.15, -0.1) is 0 Å². The van der Waals surface area contributed by atoms with Gasteiger partial charge in [-0.2, -0.15) is 0 Å². The number of likely N-dealkylation sites (tertiary alicyclic amines) is 1. The predicted molar refractivity (Wildman–Crippen MR) is 75.5 cm³/mol. The second kappa shape index (κ2) is 5.61. The van der Waals surface area contributed by atoms with Gasteiger partial charge in [0.1, 0.15) is 5.75 Å². The van der Waals surface area contributed by atoms with Gasteiger partial charge in [-0.25, -0.2) is 9.59 Å². The Hall–Kier alpha value is -2.28. The average Bonchev–Trinajstić information content (AvgIpc) is 2.40. The maximum absolute atomic E-state index is 12.1. The normalized spacial score (nSPS) is 17.3. The highest BCUT2D eigenvalue weighted by Gasteiger charge is 2.29. The molecule has 7 heteroatoms. The number of hydrogen-bond acceptors (Lipinski definition) is 4. The molecule has 1 saturated heterocycles. The highest BCUT2D eigenvalue weighted by molar-refractivity contribution is 6.00. The van der Waals surface area contributed by atoms with Crippen molar-refractivity contribution >= 4 is 17.7 Å². The van der Waals surface area contributed by atoms with E-state index in [0.717, 1.165) is 6.07 Å². The third kappa shape index (κ3) is 3.63. The summed E-state index contributed by atoms with van der Waals surface area (Å²) in [5, 5.41) is 30.8. The van der Waals surface area contributed by atoms with Crippen molar-refractivity contribution in [3.8, 4) is 5.75 Å². The molecule has 7 nitrogen and oxygen atoms in total. The zero-order valence-electron chi connectivity index (χ0n) is 11.7. The number of phenolic OH excluding ortho intramolecular Hbond substituents is 1. The second-order valence-electron chi connectivity index (χ2n) is 5.45. The molecule has 0 radical (unpaired) electrons. The summed E-state index contributed by atoms with van der Waals surface area (Å²) in [6.45, 7) is 2.53. The van der Waals surface area contributed by atoms with Gasteiger partial charge in [-0.1, -0.05) is 0 Å². The molecule has 0 bridgehead atoms. The maximum Gasteiger partial charge on any atom is 0.337 e. The number of aliphatic hydroxyl groups is 1. The molecule has 0 aliphatic carbocycles. The second-order valence-corrected chi connectivity index (χ2v) is 5.45. The first kappa shape index (κ1) is 15.1. The van der Waals surface area contributed by atoms with E-state index >= 15 is 0 Å². The van der Waals surface area contributed by atoms with Gasteiger partial charge in [0.05, 0.1) is 16.9 Å². The van der Waals surface area contributed by atoms with Crippen LogP contribution < -0.4 is 5.32 Å². The smallest absolute Gasteiger partial charge is 0.337 e. The highest BCUT2D eigenvalue weighted by atomic mass is 16.4. The van der Waals surface area contributed by atoms with Crippen LogP contribution in [0.3, 0.4) is 0 Å². The summed E-state index contributed by atoms with van der Waals surface area (Å²) in [7, 11) is 0. The third-order valence-corrected chi connectivity index (χ3v) is 3.60. The fourth-order valence-electron chi connectivity index (χ4n) is 2.20. The number of phenols is 1. The lowest BCUT2D eigenvalue weighted by molar-refractivity contribution is 0.00570. The largest absolute Gasteiger partial charge is 0.508 e. The molecule has 0 aromatic heterocycles. The van der Waals surface area contributed by atoms with Crippen molar-refractivity contribution in [2.24, 2.45) is 0 Å². The van der Waals surface area contributed by atoms with E-state index in [1.165, 1.54) is 17.0 Å². The minimum absolute atomic E-state index is 0.127. The number of anilines is 1. The van der Waals surface area contributed by atoms with Crippen LogP contribution in [0.1, 0.15) is 30.1 Å². The fourth-order valence-corrected chi connectivity index (χ4v) is 2.20. The number of nitrogens with one attached hydrogen (secondary N) is 1. The Kier molecular flexibility index (Phi) is 4.04. The minimum Gasteiger partial charge on any atom is -0.508 e. The molecule has 4 N–H and O–H groups in total. The Morgan fingerprint density at radius 3 is 2.48 bits per heavy atom. The molecule has 2 rings (SSSR count). The van der Waals surface area contributed by atoms with Gasteiger partial charge in [-0.3, -0.25) is 0 Å². The predicted octanol–water partition coefficient (Wildman–Crippen LogP) is 1.47. The third-order valence-electron chi connectivity index (χ3n) is 3.60. The number of rotatable bonds is 2. The van der Waals surface area contributed by atoms with E-state index in [-0.39, 0.29) is 17.0 Å². The standard InChI is InChI=1S/C14H18N2O5/c1-14(21)4-6-16(7-5-14)13(20)15-11-3-2-9(17)8-10(11)12(18)19/h2-3,8,17,21H,4-7H2,1H3,(H,15,20)(H,18,19). The summed E-state index contributed by atoms with van der Waals surface area (Å²) >= 11 is 0. The van der Waals surface area contributed by atoms with Gasteiger partial charge in [0.2, 0.25) is 0 Å². The summed E-state index contributed by atoms with van der Waals surface area (Å²) < 4.78 is 0. The number of carbonyl (C=O) groups excluding carboxylic acids is 1. The molecule has 1 aromatic carbocycles. The van der Waals surface area contributed by atoms with Crippen LogP contribution >= 0.6 is 0 Å². The van der Waals surface area contributed by atoms with E-state index < -0.39 is 17.6 Å². The molecule has 1 fully saturated rings. The number of carboxylic acids is 1. The van der Waals surface area contributed by atoms with E-state index in [9.17, 15) is 19.8 Å². The summed E-state index contributed by atoms with van der Waals surface area (Å²) in [4.78, 5) is 24.7. The number of hydrogen-bond donors (Lipinski definition) is 4. The lowest BCUT2D eigenvalue weighted by Gasteiger charge is -2.35. The van der Waals surface area contributed by atoms with Crippen LogP contribution in [0.4, 0.5) is 10.5 Å². The van der Waals surface area contributed by atoms with Gasteiger partial charge in [0.15, 0.2) is 0 Å². The van der Waals surface area contributed by atoms with Crippen molar-refractivity contribution < 1.29 is 24.9 Å². The molecule has 0 unspecified atom stereocenters. The average molecular weight is 294 g/mol. The Balaban J connectivity index is 2.08. The van der Waals surface area contributed by atoms with E-state index in [4.69, 9.17) is 5.11 Å². The highest BCUT2D eigenvalue weighted by Crippen LogP contribution is 2.24. The lowest BCUT2D eigenvalue weighted by atomic mass is 9.94. The number of amides is 2. The molecule has 2 amide bonds. The number of carbonyl (C=O) groups is 2. The van der Waals surface area contributed by atoms with Crippen molar-refractivity contribution in [3.63, 3.8) is 0 Å². The van der Waals surface area contributed by atoms with Crippen LogP contribution in [-0.4, -0.2) is 50.9 Å². The van der Waals surface area contributed by atoms with E-state index in [1.807, 2.05) is 0 Å². The number of piperidine rings is 1. The number of benzene rings is 1. The van der Waals surface area contributed by atoms with Crippen LogP contribution in [0, 0.1) is 0 Å². The number of nitrogens with zero attached hydrogens (tertiary/aromatic N) is 1. The lowest BCUT2D eigenvalue weighted by Crippen LogP contribution is -2.46. The summed E-state index contributed by atoms with van der Waals surface area (Å²) in [6.07, 6.45) is 0.948. The van der Waals surface area contributed by atoms with Crippen molar-refractivity contribution in [1.29, 1.82) is 0 Å². The van der Waals surface area contributed by atoms with Crippen molar-refractivity contribution in [3.05, 3.63) is 23.8 Å². The molecular formula is C14H18N2O5. The van der Waals surface area contributed by atoms with Crippen LogP contribution in [-0.2, 0) is 0 Å². The van der Waals surface area contributed by atoms with E-state index in [0.29, 0.717) is 25.9 Å². The molecule has 0 atom stereocenters. The number of urea groups is 1. The van der Waals surface area contributed by atoms with Crippen LogP contribution in [0.15, 0.2) is 18.2 Å². The SMILES string of the molecule is CC1(O)CCN(C(=O)Nc2ccc(O)cc2C(=O)O)CC1. The summed E-state index contributed by atoms with van der Waals surface area (Å²) in [5.41, 5.74) is -0.809. The first-order valence-electron chi connectivity index (χ1n) is 6.63. The quantitative estimate of drug-likeness (QED) is 0.617. The van der Waals surface area contributed by atoms with Gasteiger partial charge in [-0.05, 0) is 38.0 Å². The van der Waals surface area contributed by atoms with Gasteiger partial charge in [0, 0.05) is 13.1 Å². The van der Waals surface area contributed by atoms with Crippen LogP contribution in [0.5, 0.6) is 5.75 Å². The molecule has 1 aliphatic heterocycles. The first-order valence-corrected chi connectivity index (χ1v) is 6.63. The molecule has 21 heavy (non-hydrogen) atoms. The van der Waals surface area contributed by atoms with Gasteiger partial charge >= 0.3 is 12.0 Å². The van der Waals surface area contributed by atoms with Crippen LogP contribution in [0.2, 0.25) is 0 Å². The number of aromatic carboxylic acids is 1. The van der Waals surface area contributed by atoms with Gasteiger partial charge in [0.25, 0.3) is 0 Å². The monoisotopic (exact) mass is 294 g/mol. The van der Waals surface area contributed by atoms with Gasteiger partial charge < -0.3 is 25.5 Å². The molecule has 0 spiro atoms. The first-order chi connectivity index (χ1) is 9.78. The van der Waals surface area contributed by atoms with Crippen molar-refractivity contribution in [2.75, 3.05) is 18.4 Å². The van der Waals surface area contributed by atoms with E-state index in [2.05, 4.69) is 5.32 Å². The summed E-state index contributed by atoms with van der Waals surface area (Å²) in [5.74, 6) is -1.41. The maximum atomic E-state index is 12.1. The Morgan fingerprint density at radius 2 is 1.90 bits per heavy atom. The zero-order chi connectivity index (χ0) is 15.6. The Bertz CT molecular complexity index is 560. The molecule has 114 valence electrons. The Morgan fingerprint density at radius 1 is 1.29 bits per heavy atom. The summed E-state index contributed by atoms with van der Waals surface area (Å²) in [6, 6.07) is 3.32.